The van der Waals surface area contributed by atoms with Gasteiger partial charge in [0.1, 0.15) is 5.75 Å². The number of fused-ring (bicyclic) bond motifs is 1. The maximum atomic E-state index is 13.2. The molecule has 31 heavy (non-hydrogen) atoms. The Morgan fingerprint density at radius 2 is 2.00 bits per heavy atom. The zero-order chi connectivity index (χ0) is 22.1. The van der Waals surface area contributed by atoms with Crippen LogP contribution in [0, 0.1) is 17.0 Å². The summed E-state index contributed by atoms with van der Waals surface area (Å²) in [6.45, 7) is 4.63. The van der Waals surface area contributed by atoms with Gasteiger partial charge in [0.25, 0.3) is 11.6 Å². The molecule has 0 spiro atoms. The van der Waals surface area contributed by atoms with E-state index in [0.29, 0.717) is 28.7 Å². The van der Waals surface area contributed by atoms with Crippen LogP contribution in [0.4, 0.5) is 11.4 Å². The number of carbonyl (C=O) groups is 1. The van der Waals surface area contributed by atoms with Gasteiger partial charge in [-0.1, -0.05) is 18.2 Å². The van der Waals surface area contributed by atoms with E-state index >= 15 is 0 Å². The molecule has 2 N–H and O–H groups in total. The number of nitro groups is 1. The van der Waals surface area contributed by atoms with E-state index in [1.165, 1.54) is 12.1 Å². The minimum atomic E-state index is -0.594. The van der Waals surface area contributed by atoms with Gasteiger partial charge >= 0.3 is 0 Å². The molecule has 9 nitrogen and oxygen atoms in total. The van der Waals surface area contributed by atoms with E-state index in [1.807, 2.05) is 24.6 Å². The second-order valence-electron chi connectivity index (χ2n) is 6.94. The summed E-state index contributed by atoms with van der Waals surface area (Å²) < 4.78 is 1.84. The Hall–Kier alpha value is -4.27. The van der Waals surface area contributed by atoms with E-state index < -0.39 is 10.8 Å². The lowest BCUT2D eigenvalue weighted by molar-refractivity contribution is -0.384. The molecule has 4 rings (SSSR count). The van der Waals surface area contributed by atoms with E-state index in [-0.39, 0.29) is 17.1 Å². The van der Waals surface area contributed by atoms with Crippen LogP contribution in [0.1, 0.15) is 23.0 Å². The molecule has 2 aromatic heterocycles. The lowest BCUT2D eigenvalue weighted by Crippen LogP contribution is -2.13. The van der Waals surface area contributed by atoms with Gasteiger partial charge in [-0.15, -0.1) is 0 Å². The van der Waals surface area contributed by atoms with Gasteiger partial charge in [0, 0.05) is 35.3 Å². The van der Waals surface area contributed by atoms with Crippen LogP contribution < -0.4 is 5.32 Å². The summed E-state index contributed by atoms with van der Waals surface area (Å²) in [6, 6.07) is 12.3. The number of non-ortho nitro benzene ring substituents is 1. The molecule has 0 aliphatic heterocycles. The number of hydrogen-bond donors (Lipinski definition) is 2. The Labute approximate surface area is 177 Å². The Morgan fingerprint density at radius 1 is 1.23 bits per heavy atom. The average Bonchev–Trinajstić information content (AvgIpc) is 3.14. The van der Waals surface area contributed by atoms with E-state index in [1.54, 1.807) is 30.5 Å². The molecular weight excluding hydrogens is 398 g/mol. The van der Waals surface area contributed by atoms with Gasteiger partial charge in [0.05, 0.1) is 33.6 Å². The third-order valence-corrected chi connectivity index (χ3v) is 5.08. The maximum Gasteiger partial charge on any atom is 0.271 e. The molecule has 1 amide bonds. The molecule has 0 saturated carbocycles. The van der Waals surface area contributed by atoms with Crippen LogP contribution in [0.2, 0.25) is 0 Å². The van der Waals surface area contributed by atoms with Crippen LogP contribution in [-0.4, -0.2) is 30.7 Å². The number of pyridine rings is 1. The number of rotatable bonds is 5. The quantitative estimate of drug-likeness (QED) is 0.284. The highest BCUT2D eigenvalue weighted by molar-refractivity contribution is 6.13. The molecule has 0 aliphatic carbocycles. The zero-order valence-corrected chi connectivity index (χ0v) is 16.9. The first kappa shape index (κ1) is 20.0. The van der Waals surface area contributed by atoms with E-state index in [0.717, 1.165) is 17.3 Å². The number of aryl methyl sites for hydroxylation is 1. The molecule has 4 aromatic rings. The summed E-state index contributed by atoms with van der Waals surface area (Å²) in [4.78, 5) is 28.3. The fraction of sp³-hybridized carbons (Fsp3) is 0.136. The van der Waals surface area contributed by atoms with Crippen molar-refractivity contribution in [1.29, 1.82) is 0 Å². The maximum absolute atomic E-state index is 13.2. The smallest absolute Gasteiger partial charge is 0.271 e. The highest BCUT2D eigenvalue weighted by atomic mass is 16.6. The highest BCUT2D eigenvalue weighted by Crippen LogP contribution is 2.31. The Morgan fingerprint density at radius 3 is 2.71 bits per heavy atom. The first-order valence-corrected chi connectivity index (χ1v) is 9.60. The van der Waals surface area contributed by atoms with Crippen LogP contribution in [0.15, 0.2) is 54.7 Å². The minimum absolute atomic E-state index is 0.0448. The number of anilines is 1. The number of phenolic OH excluding ortho intramolecular Hbond substituents is 1. The number of nitro benzene ring substituents is 1. The molecule has 0 bridgehead atoms. The van der Waals surface area contributed by atoms with Gasteiger partial charge in [-0.25, -0.2) is 4.98 Å². The number of nitrogens with zero attached hydrogens (tertiary/aromatic N) is 4. The SMILES string of the molecule is CCn1ncc(-c2cc(C(=O)Nc3cc([N+](=O)[O-])ccc3O)c3ccccc3n2)c1C. The number of hydrogen-bond acceptors (Lipinski definition) is 6. The van der Waals surface area contributed by atoms with Crippen molar-refractivity contribution in [2.75, 3.05) is 5.32 Å². The van der Waals surface area contributed by atoms with Gasteiger partial charge in [-0.05, 0) is 32.0 Å². The predicted molar refractivity (Wildman–Crippen MR) is 116 cm³/mol. The highest BCUT2D eigenvalue weighted by Gasteiger charge is 2.19. The number of amides is 1. The topological polar surface area (TPSA) is 123 Å². The Bertz CT molecular complexity index is 1330. The van der Waals surface area contributed by atoms with E-state index in [2.05, 4.69) is 15.4 Å². The van der Waals surface area contributed by atoms with Crippen molar-refractivity contribution in [3.8, 4) is 17.0 Å². The zero-order valence-electron chi connectivity index (χ0n) is 16.9. The van der Waals surface area contributed by atoms with E-state index in [4.69, 9.17) is 0 Å². The summed E-state index contributed by atoms with van der Waals surface area (Å²) in [7, 11) is 0. The molecule has 0 unspecified atom stereocenters. The second-order valence-corrected chi connectivity index (χ2v) is 6.94. The van der Waals surface area contributed by atoms with Gasteiger partial charge in [-0.2, -0.15) is 5.10 Å². The summed E-state index contributed by atoms with van der Waals surface area (Å²) >= 11 is 0. The van der Waals surface area contributed by atoms with Crippen LogP contribution in [-0.2, 0) is 6.54 Å². The lowest BCUT2D eigenvalue weighted by Gasteiger charge is -2.11. The molecular formula is C22H19N5O4. The van der Waals surface area contributed by atoms with Crippen molar-refractivity contribution in [2.24, 2.45) is 0 Å². The molecule has 2 heterocycles. The van der Waals surface area contributed by atoms with Gasteiger partial charge in [-0.3, -0.25) is 19.6 Å². The minimum Gasteiger partial charge on any atom is -0.506 e. The predicted octanol–water partition coefficient (Wildman–Crippen LogP) is 4.29. The van der Waals surface area contributed by atoms with E-state index in [9.17, 15) is 20.0 Å². The number of nitrogens with one attached hydrogen (secondary N) is 1. The van der Waals surface area contributed by atoms with Crippen molar-refractivity contribution in [3.63, 3.8) is 0 Å². The summed E-state index contributed by atoms with van der Waals surface area (Å²) in [5.41, 5.74) is 2.98. The lowest BCUT2D eigenvalue weighted by atomic mass is 10.0. The average molecular weight is 417 g/mol. The third kappa shape index (κ3) is 3.68. The number of benzene rings is 2. The van der Waals surface area contributed by atoms with Crippen LogP contribution in [0.5, 0.6) is 5.75 Å². The molecule has 2 aromatic carbocycles. The van der Waals surface area contributed by atoms with Crippen LogP contribution in [0.3, 0.4) is 0 Å². The van der Waals surface area contributed by atoms with Crippen molar-refractivity contribution < 1.29 is 14.8 Å². The first-order valence-electron chi connectivity index (χ1n) is 9.60. The normalized spacial score (nSPS) is 10.9. The largest absolute Gasteiger partial charge is 0.506 e. The van der Waals surface area contributed by atoms with Crippen LogP contribution in [0.25, 0.3) is 22.2 Å². The van der Waals surface area contributed by atoms with Gasteiger partial charge in [0.2, 0.25) is 0 Å². The molecule has 0 atom stereocenters. The number of para-hydroxylation sites is 1. The van der Waals surface area contributed by atoms with Gasteiger partial charge in [0.15, 0.2) is 0 Å². The third-order valence-electron chi connectivity index (χ3n) is 5.08. The number of phenols is 1. The molecule has 0 radical (unpaired) electrons. The number of aromatic nitrogens is 3. The van der Waals surface area contributed by atoms with Crippen LogP contribution >= 0.6 is 0 Å². The monoisotopic (exact) mass is 417 g/mol. The van der Waals surface area contributed by atoms with Crippen molar-refractivity contribution >= 4 is 28.2 Å². The van der Waals surface area contributed by atoms with Gasteiger partial charge < -0.3 is 10.4 Å². The number of carbonyl (C=O) groups excluding carboxylic acids is 1. The van der Waals surface area contributed by atoms with Crippen molar-refractivity contribution in [3.05, 3.63) is 76.1 Å². The van der Waals surface area contributed by atoms with Crippen molar-refractivity contribution in [1.82, 2.24) is 14.8 Å². The Balaban J connectivity index is 1.81. The molecule has 0 saturated heterocycles. The molecule has 0 fully saturated rings. The molecule has 156 valence electrons. The second kappa shape index (κ2) is 7.86. The molecule has 9 heteroatoms. The standard InChI is InChI=1S/C22H19N5O4/c1-3-26-13(2)17(12-23-26)19-11-16(15-6-4-5-7-18(15)24-19)22(29)25-20-10-14(27(30)31)8-9-21(20)28/h4-12,28H,3H2,1-2H3,(H,25,29). The number of aromatic hydroxyl groups is 1. The fourth-order valence-electron chi connectivity index (χ4n) is 3.45. The molecule has 0 aliphatic rings. The van der Waals surface area contributed by atoms with Crippen molar-refractivity contribution in [2.45, 2.75) is 20.4 Å². The summed E-state index contributed by atoms with van der Waals surface area (Å²) in [5.74, 6) is -0.784. The summed E-state index contributed by atoms with van der Waals surface area (Å²) in [5, 5.41) is 28.7. The summed E-state index contributed by atoms with van der Waals surface area (Å²) in [6.07, 6.45) is 1.71. The first-order chi connectivity index (χ1) is 14.9. The Kier molecular flexibility index (Phi) is 5.08. The fourth-order valence-corrected chi connectivity index (χ4v) is 3.45.